The molecule has 22 heavy (non-hydrogen) atoms. The number of amides is 1. The number of benzene rings is 1. The van der Waals surface area contributed by atoms with E-state index in [0.29, 0.717) is 12.5 Å². The van der Waals surface area contributed by atoms with Crippen LogP contribution in [0.4, 0.5) is 5.95 Å². The van der Waals surface area contributed by atoms with Crippen molar-refractivity contribution in [1.82, 2.24) is 14.9 Å². The van der Waals surface area contributed by atoms with E-state index < -0.39 is 6.10 Å². The van der Waals surface area contributed by atoms with Crippen LogP contribution in [0.25, 0.3) is 11.0 Å². The number of rotatable bonds is 5. The molecule has 3 N–H and O–H groups in total. The first-order chi connectivity index (χ1) is 10.3. The molecule has 0 saturated heterocycles. The molecule has 6 heteroatoms. The molecule has 1 atom stereocenters. The number of carbonyl (C=O) groups is 1. The maximum atomic E-state index is 12.2. The summed E-state index contributed by atoms with van der Waals surface area (Å²) in [6.45, 7) is 8.10. The van der Waals surface area contributed by atoms with Gasteiger partial charge in [-0.1, -0.05) is 12.1 Å². The zero-order valence-corrected chi connectivity index (χ0v) is 13.6. The molecule has 0 unspecified atom stereocenters. The van der Waals surface area contributed by atoms with Gasteiger partial charge in [0.1, 0.15) is 6.54 Å². The number of anilines is 1. The molecule has 1 aromatic carbocycles. The van der Waals surface area contributed by atoms with E-state index in [-0.39, 0.29) is 18.0 Å². The molecule has 2 aromatic rings. The number of hydrogen-bond acceptors (Lipinski definition) is 4. The molecule has 0 fully saturated rings. The summed E-state index contributed by atoms with van der Waals surface area (Å²) in [5.41, 5.74) is 1.43. The van der Waals surface area contributed by atoms with Gasteiger partial charge in [0.25, 0.3) is 0 Å². The Kier molecular flexibility index (Phi) is 4.71. The normalized spacial score (nSPS) is 13.1. The number of aliphatic hydroxyl groups is 1. The molecule has 0 saturated carbocycles. The van der Waals surface area contributed by atoms with Crippen LogP contribution in [-0.4, -0.2) is 38.8 Å². The Balaban J connectivity index is 2.28. The van der Waals surface area contributed by atoms with Crippen LogP contribution in [0.3, 0.4) is 0 Å². The van der Waals surface area contributed by atoms with Gasteiger partial charge < -0.3 is 20.3 Å². The van der Waals surface area contributed by atoms with E-state index in [4.69, 9.17) is 0 Å². The van der Waals surface area contributed by atoms with E-state index in [9.17, 15) is 9.90 Å². The van der Waals surface area contributed by atoms with Crippen molar-refractivity contribution in [2.24, 2.45) is 0 Å². The third-order valence-corrected chi connectivity index (χ3v) is 3.03. The Morgan fingerprint density at radius 3 is 2.68 bits per heavy atom. The summed E-state index contributed by atoms with van der Waals surface area (Å²) in [4.78, 5) is 16.7. The molecule has 0 bridgehead atoms. The molecule has 120 valence electrons. The minimum Gasteiger partial charge on any atom is -0.392 e. The molecule has 0 radical (unpaired) electrons. The highest BCUT2D eigenvalue weighted by atomic mass is 16.3. The van der Waals surface area contributed by atoms with Crippen molar-refractivity contribution in [3.8, 4) is 0 Å². The van der Waals surface area contributed by atoms with Crippen molar-refractivity contribution in [1.29, 1.82) is 0 Å². The van der Waals surface area contributed by atoms with Crippen LogP contribution in [0.2, 0.25) is 0 Å². The second-order valence-electron chi connectivity index (χ2n) is 6.54. The van der Waals surface area contributed by atoms with E-state index in [1.807, 2.05) is 49.6 Å². The van der Waals surface area contributed by atoms with E-state index in [0.717, 1.165) is 11.0 Å². The summed E-state index contributed by atoms with van der Waals surface area (Å²) in [6.07, 6.45) is -0.489. The lowest BCUT2D eigenvalue weighted by Gasteiger charge is -2.21. The first kappa shape index (κ1) is 16.3. The number of nitrogens with one attached hydrogen (secondary N) is 2. The first-order valence-electron chi connectivity index (χ1n) is 7.44. The van der Waals surface area contributed by atoms with Crippen LogP contribution in [0.1, 0.15) is 27.7 Å². The van der Waals surface area contributed by atoms with Gasteiger partial charge in [-0.25, -0.2) is 4.98 Å². The zero-order valence-electron chi connectivity index (χ0n) is 13.6. The van der Waals surface area contributed by atoms with E-state index in [1.165, 1.54) is 0 Å². The van der Waals surface area contributed by atoms with Gasteiger partial charge in [0, 0.05) is 12.1 Å². The van der Waals surface area contributed by atoms with Gasteiger partial charge >= 0.3 is 0 Å². The quantitative estimate of drug-likeness (QED) is 0.786. The predicted octanol–water partition coefficient (Wildman–Crippen LogP) is 1.74. The third-order valence-electron chi connectivity index (χ3n) is 3.03. The lowest BCUT2D eigenvalue weighted by molar-refractivity contribution is -0.122. The fraction of sp³-hybridized carbons (Fsp3) is 0.500. The minimum absolute atomic E-state index is 0.0734. The van der Waals surface area contributed by atoms with Gasteiger partial charge in [-0.3, -0.25) is 4.79 Å². The van der Waals surface area contributed by atoms with E-state index in [2.05, 4.69) is 15.6 Å². The number of imidazole rings is 1. The van der Waals surface area contributed by atoms with Crippen molar-refractivity contribution in [2.75, 3.05) is 11.9 Å². The monoisotopic (exact) mass is 304 g/mol. The maximum absolute atomic E-state index is 12.2. The molecule has 0 aliphatic rings. The maximum Gasteiger partial charge on any atom is 0.240 e. The van der Waals surface area contributed by atoms with Crippen molar-refractivity contribution >= 4 is 22.9 Å². The number of hydrogen-bond donors (Lipinski definition) is 3. The molecular weight excluding hydrogens is 280 g/mol. The largest absolute Gasteiger partial charge is 0.392 e. The Morgan fingerprint density at radius 1 is 1.36 bits per heavy atom. The van der Waals surface area contributed by atoms with Gasteiger partial charge in [-0.05, 0) is 39.8 Å². The van der Waals surface area contributed by atoms with Crippen molar-refractivity contribution in [3.63, 3.8) is 0 Å². The molecule has 6 nitrogen and oxygen atoms in total. The van der Waals surface area contributed by atoms with E-state index in [1.54, 1.807) is 6.92 Å². The van der Waals surface area contributed by atoms with Crippen molar-refractivity contribution < 1.29 is 9.90 Å². The summed E-state index contributed by atoms with van der Waals surface area (Å²) in [6, 6.07) is 7.66. The predicted molar refractivity (Wildman–Crippen MR) is 87.8 cm³/mol. The van der Waals surface area contributed by atoms with Crippen LogP contribution >= 0.6 is 0 Å². The molecule has 2 rings (SSSR count). The standard InChI is InChI=1S/C16H24N4O2/c1-11(21)9-17-15-18-12-7-5-6-8-13(12)20(15)10-14(22)19-16(2,3)4/h5-8,11,21H,9-10H2,1-4H3,(H,17,18)(H,19,22)/t11-/m1/s1. The van der Waals surface area contributed by atoms with Gasteiger partial charge in [0.15, 0.2) is 0 Å². The zero-order chi connectivity index (χ0) is 16.3. The number of aromatic nitrogens is 2. The average Bonchev–Trinajstić information content (AvgIpc) is 2.72. The molecule has 0 aliphatic heterocycles. The number of para-hydroxylation sites is 2. The van der Waals surface area contributed by atoms with Crippen molar-refractivity contribution in [2.45, 2.75) is 45.9 Å². The molecule has 1 aromatic heterocycles. The average molecular weight is 304 g/mol. The highest BCUT2D eigenvalue weighted by Crippen LogP contribution is 2.19. The fourth-order valence-corrected chi connectivity index (χ4v) is 2.21. The second-order valence-corrected chi connectivity index (χ2v) is 6.54. The van der Waals surface area contributed by atoms with Crippen LogP contribution in [-0.2, 0) is 11.3 Å². The number of nitrogens with zero attached hydrogens (tertiary/aromatic N) is 2. The minimum atomic E-state index is -0.489. The lowest BCUT2D eigenvalue weighted by Crippen LogP contribution is -2.42. The Bertz CT molecular complexity index is 656. The Morgan fingerprint density at radius 2 is 2.05 bits per heavy atom. The van der Waals surface area contributed by atoms with Gasteiger partial charge in [-0.15, -0.1) is 0 Å². The molecule has 0 spiro atoms. The second kappa shape index (κ2) is 6.36. The summed E-state index contributed by atoms with van der Waals surface area (Å²) < 4.78 is 1.83. The fourth-order valence-electron chi connectivity index (χ4n) is 2.21. The highest BCUT2D eigenvalue weighted by Gasteiger charge is 2.17. The lowest BCUT2D eigenvalue weighted by atomic mass is 10.1. The third kappa shape index (κ3) is 4.21. The molecule has 1 heterocycles. The van der Waals surface area contributed by atoms with Crippen LogP contribution in [0.5, 0.6) is 0 Å². The first-order valence-corrected chi connectivity index (χ1v) is 7.44. The Labute approximate surface area is 130 Å². The molecule has 1 amide bonds. The number of fused-ring (bicyclic) bond motifs is 1. The summed E-state index contributed by atoms with van der Waals surface area (Å²) >= 11 is 0. The van der Waals surface area contributed by atoms with E-state index >= 15 is 0 Å². The smallest absolute Gasteiger partial charge is 0.240 e. The highest BCUT2D eigenvalue weighted by molar-refractivity contribution is 5.83. The van der Waals surface area contributed by atoms with Gasteiger partial charge in [0.05, 0.1) is 17.1 Å². The summed E-state index contributed by atoms with van der Waals surface area (Å²) in [5.74, 6) is 0.516. The molecular formula is C16H24N4O2. The Hall–Kier alpha value is -2.08. The molecule has 0 aliphatic carbocycles. The topological polar surface area (TPSA) is 79.2 Å². The van der Waals surface area contributed by atoms with Crippen LogP contribution in [0.15, 0.2) is 24.3 Å². The van der Waals surface area contributed by atoms with Gasteiger partial charge in [0.2, 0.25) is 11.9 Å². The SMILES string of the molecule is C[C@@H](O)CNc1nc2ccccc2n1CC(=O)NC(C)(C)C. The number of carbonyl (C=O) groups excluding carboxylic acids is 1. The van der Waals surface area contributed by atoms with Crippen molar-refractivity contribution in [3.05, 3.63) is 24.3 Å². The van der Waals surface area contributed by atoms with Crippen LogP contribution < -0.4 is 10.6 Å². The summed E-state index contributed by atoms with van der Waals surface area (Å²) in [5, 5.41) is 15.5. The van der Waals surface area contributed by atoms with Gasteiger partial charge in [-0.2, -0.15) is 0 Å². The summed E-state index contributed by atoms with van der Waals surface area (Å²) in [7, 11) is 0. The van der Waals surface area contributed by atoms with Crippen LogP contribution in [0, 0.1) is 0 Å². The number of aliphatic hydroxyl groups excluding tert-OH is 1.